The van der Waals surface area contributed by atoms with Gasteiger partial charge in [0.1, 0.15) is 0 Å². The van der Waals surface area contributed by atoms with Crippen LogP contribution in [0.25, 0.3) is 0 Å². The molecular formula is C8H14O4. The Balaban J connectivity index is 3.96. The SMILES string of the molecule is CCOC(=O)C(CC)OC(C)=O. The minimum atomic E-state index is -0.748. The molecule has 0 amide bonds. The molecule has 0 aromatic heterocycles. The molecule has 70 valence electrons. The van der Waals surface area contributed by atoms with Crippen LogP contribution in [-0.2, 0) is 19.1 Å². The van der Waals surface area contributed by atoms with Gasteiger partial charge in [0.25, 0.3) is 0 Å². The lowest BCUT2D eigenvalue weighted by Gasteiger charge is -2.12. The van der Waals surface area contributed by atoms with E-state index in [-0.39, 0.29) is 0 Å². The highest BCUT2D eigenvalue weighted by molar-refractivity contribution is 5.78. The van der Waals surface area contributed by atoms with Gasteiger partial charge in [-0.25, -0.2) is 4.79 Å². The number of esters is 2. The smallest absolute Gasteiger partial charge is 0.347 e. The minimum absolute atomic E-state index is 0.302. The molecule has 0 heterocycles. The Bertz CT molecular complexity index is 164. The lowest BCUT2D eigenvalue weighted by Crippen LogP contribution is -2.27. The summed E-state index contributed by atoms with van der Waals surface area (Å²) in [7, 11) is 0. The van der Waals surface area contributed by atoms with Crippen LogP contribution in [0, 0.1) is 0 Å². The Morgan fingerprint density at radius 1 is 1.33 bits per heavy atom. The van der Waals surface area contributed by atoms with Gasteiger partial charge in [0.05, 0.1) is 6.61 Å². The second-order valence-electron chi connectivity index (χ2n) is 2.26. The monoisotopic (exact) mass is 174 g/mol. The normalized spacial score (nSPS) is 11.9. The molecule has 4 nitrogen and oxygen atoms in total. The first kappa shape index (κ1) is 10.9. The van der Waals surface area contributed by atoms with Crippen molar-refractivity contribution in [1.29, 1.82) is 0 Å². The molecule has 0 aromatic rings. The Morgan fingerprint density at radius 2 is 1.92 bits per heavy atom. The number of carbonyl (C=O) groups is 2. The second-order valence-corrected chi connectivity index (χ2v) is 2.26. The van der Waals surface area contributed by atoms with E-state index in [4.69, 9.17) is 4.74 Å². The highest BCUT2D eigenvalue weighted by Crippen LogP contribution is 2.01. The molecule has 0 aliphatic heterocycles. The van der Waals surface area contributed by atoms with Crippen molar-refractivity contribution in [3.63, 3.8) is 0 Å². The molecule has 0 aromatic carbocycles. The lowest BCUT2D eigenvalue weighted by molar-refractivity contribution is -0.166. The van der Waals surface area contributed by atoms with Crippen LogP contribution >= 0.6 is 0 Å². The van der Waals surface area contributed by atoms with Gasteiger partial charge in [0.15, 0.2) is 6.10 Å². The molecule has 0 rings (SSSR count). The quantitative estimate of drug-likeness (QED) is 0.594. The van der Waals surface area contributed by atoms with Crippen LogP contribution < -0.4 is 0 Å². The summed E-state index contributed by atoms with van der Waals surface area (Å²) in [4.78, 5) is 21.5. The van der Waals surface area contributed by atoms with Crippen LogP contribution in [0.1, 0.15) is 27.2 Å². The summed E-state index contributed by atoms with van der Waals surface area (Å²) in [6, 6.07) is 0. The average molecular weight is 174 g/mol. The standard InChI is InChI=1S/C8H14O4/c1-4-7(12-6(3)9)8(10)11-5-2/h7H,4-5H2,1-3H3. The van der Waals surface area contributed by atoms with Gasteiger partial charge in [-0.05, 0) is 13.3 Å². The average Bonchev–Trinajstić information content (AvgIpc) is 2.00. The van der Waals surface area contributed by atoms with E-state index in [1.807, 2.05) is 0 Å². The number of ether oxygens (including phenoxy) is 2. The van der Waals surface area contributed by atoms with Crippen molar-refractivity contribution in [2.75, 3.05) is 6.61 Å². The van der Waals surface area contributed by atoms with E-state index in [0.717, 1.165) is 0 Å². The predicted molar refractivity (Wildman–Crippen MR) is 42.5 cm³/mol. The van der Waals surface area contributed by atoms with Gasteiger partial charge in [0.2, 0.25) is 0 Å². The molecule has 0 fully saturated rings. The number of rotatable bonds is 4. The Hall–Kier alpha value is -1.06. The molecule has 0 radical (unpaired) electrons. The first-order valence-corrected chi connectivity index (χ1v) is 3.95. The molecule has 0 saturated heterocycles. The van der Waals surface area contributed by atoms with Crippen molar-refractivity contribution in [3.8, 4) is 0 Å². The van der Waals surface area contributed by atoms with Crippen LogP contribution in [-0.4, -0.2) is 24.6 Å². The first-order chi connectivity index (χ1) is 5.61. The Labute approximate surface area is 71.8 Å². The maximum atomic E-state index is 11.0. The van der Waals surface area contributed by atoms with E-state index in [9.17, 15) is 9.59 Å². The third-order valence-corrected chi connectivity index (χ3v) is 1.23. The van der Waals surface area contributed by atoms with Gasteiger partial charge in [-0.2, -0.15) is 0 Å². The van der Waals surface area contributed by atoms with Crippen molar-refractivity contribution in [3.05, 3.63) is 0 Å². The molecule has 1 atom stereocenters. The van der Waals surface area contributed by atoms with Gasteiger partial charge in [-0.1, -0.05) is 6.92 Å². The fourth-order valence-electron chi connectivity index (χ4n) is 0.734. The van der Waals surface area contributed by atoms with Crippen LogP contribution in [0.3, 0.4) is 0 Å². The van der Waals surface area contributed by atoms with E-state index >= 15 is 0 Å². The fraction of sp³-hybridized carbons (Fsp3) is 0.750. The van der Waals surface area contributed by atoms with Crippen LogP contribution in [0.5, 0.6) is 0 Å². The summed E-state index contributed by atoms with van der Waals surface area (Å²) < 4.78 is 9.38. The van der Waals surface area contributed by atoms with Crippen LogP contribution in [0.4, 0.5) is 0 Å². The maximum absolute atomic E-state index is 11.0. The third kappa shape index (κ3) is 3.95. The topological polar surface area (TPSA) is 52.6 Å². The minimum Gasteiger partial charge on any atom is -0.463 e. The van der Waals surface area contributed by atoms with Crippen LogP contribution in [0.15, 0.2) is 0 Å². The van der Waals surface area contributed by atoms with Crippen molar-refractivity contribution in [2.45, 2.75) is 33.3 Å². The number of hydrogen-bond donors (Lipinski definition) is 0. The molecule has 12 heavy (non-hydrogen) atoms. The van der Waals surface area contributed by atoms with Crippen molar-refractivity contribution < 1.29 is 19.1 Å². The highest BCUT2D eigenvalue weighted by Gasteiger charge is 2.19. The van der Waals surface area contributed by atoms with Gasteiger partial charge < -0.3 is 9.47 Å². The summed E-state index contributed by atoms with van der Waals surface area (Å²) in [5.41, 5.74) is 0. The van der Waals surface area contributed by atoms with Crippen molar-refractivity contribution in [1.82, 2.24) is 0 Å². The summed E-state index contributed by atoms with van der Waals surface area (Å²) in [5, 5.41) is 0. The van der Waals surface area contributed by atoms with Gasteiger partial charge in [-0.3, -0.25) is 4.79 Å². The van der Waals surface area contributed by atoms with Crippen molar-refractivity contribution in [2.24, 2.45) is 0 Å². The fourth-order valence-corrected chi connectivity index (χ4v) is 0.734. The van der Waals surface area contributed by atoms with Crippen LogP contribution in [0.2, 0.25) is 0 Å². The third-order valence-electron chi connectivity index (χ3n) is 1.23. The van der Waals surface area contributed by atoms with E-state index in [1.54, 1.807) is 13.8 Å². The Kier molecular flexibility index (Phi) is 5.08. The Morgan fingerprint density at radius 3 is 2.25 bits per heavy atom. The van der Waals surface area contributed by atoms with Gasteiger partial charge in [0, 0.05) is 6.92 Å². The number of hydrogen-bond acceptors (Lipinski definition) is 4. The molecule has 1 unspecified atom stereocenters. The van der Waals surface area contributed by atoms with Gasteiger partial charge in [-0.15, -0.1) is 0 Å². The predicted octanol–water partition coefficient (Wildman–Crippen LogP) is 0.891. The second kappa shape index (κ2) is 5.57. The summed E-state index contributed by atoms with van der Waals surface area (Å²) in [6.07, 6.45) is -0.305. The number of carbonyl (C=O) groups excluding carboxylic acids is 2. The maximum Gasteiger partial charge on any atom is 0.347 e. The van der Waals surface area contributed by atoms with E-state index in [1.165, 1.54) is 6.92 Å². The van der Waals surface area contributed by atoms with Crippen molar-refractivity contribution >= 4 is 11.9 Å². The summed E-state index contributed by atoms with van der Waals surface area (Å²) >= 11 is 0. The van der Waals surface area contributed by atoms with Gasteiger partial charge >= 0.3 is 11.9 Å². The molecule has 0 aliphatic rings. The zero-order valence-corrected chi connectivity index (χ0v) is 7.62. The zero-order valence-electron chi connectivity index (χ0n) is 7.62. The molecule has 0 N–H and O–H groups in total. The summed E-state index contributed by atoms with van der Waals surface area (Å²) in [5.74, 6) is -0.940. The molecule has 0 aliphatic carbocycles. The van der Waals surface area contributed by atoms with E-state index in [0.29, 0.717) is 13.0 Å². The lowest BCUT2D eigenvalue weighted by atomic mass is 10.3. The first-order valence-electron chi connectivity index (χ1n) is 3.95. The molecule has 4 heteroatoms. The molecule has 0 saturated carbocycles. The molecule has 0 spiro atoms. The highest BCUT2D eigenvalue weighted by atomic mass is 16.6. The molecule has 0 bridgehead atoms. The zero-order chi connectivity index (χ0) is 9.56. The van der Waals surface area contributed by atoms with E-state index < -0.39 is 18.0 Å². The van der Waals surface area contributed by atoms with E-state index in [2.05, 4.69) is 4.74 Å². The largest absolute Gasteiger partial charge is 0.463 e. The molecular weight excluding hydrogens is 160 g/mol. The summed E-state index contributed by atoms with van der Waals surface area (Å²) in [6.45, 7) is 5.03.